The molecule has 0 fully saturated rings. The molecular weight excluding hydrogens is 308 g/mol. The number of nitrogens with one attached hydrogen (secondary N) is 2. The van der Waals surface area contributed by atoms with Crippen LogP contribution in [0, 0.1) is 6.92 Å². The van der Waals surface area contributed by atoms with E-state index in [9.17, 15) is 13.2 Å². The van der Waals surface area contributed by atoms with Crippen LogP contribution in [-0.2, 0) is 16.6 Å². The van der Waals surface area contributed by atoms with Gasteiger partial charge in [-0.15, -0.1) is 11.3 Å². The first-order valence-corrected chi connectivity index (χ1v) is 8.59. The number of aryl methyl sites for hydroxylation is 1. The van der Waals surface area contributed by atoms with Crippen LogP contribution in [-0.4, -0.2) is 21.4 Å². The molecule has 5 nitrogen and oxygen atoms in total. The van der Waals surface area contributed by atoms with Gasteiger partial charge in [-0.25, -0.2) is 13.1 Å². The van der Waals surface area contributed by atoms with Crippen molar-refractivity contribution in [1.29, 1.82) is 0 Å². The number of rotatable bonds is 5. The number of amides is 1. The predicted molar refractivity (Wildman–Crippen MR) is 82.9 cm³/mol. The first kappa shape index (κ1) is 15.7. The molecule has 0 aliphatic carbocycles. The van der Waals surface area contributed by atoms with E-state index < -0.39 is 10.0 Å². The van der Waals surface area contributed by atoms with Crippen molar-refractivity contribution >= 4 is 27.3 Å². The fourth-order valence-corrected chi connectivity index (χ4v) is 3.89. The van der Waals surface area contributed by atoms with Crippen LogP contribution < -0.4 is 10.0 Å². The Balaban J connectivity index is 2.02. The van der Waals surface area contributed by atoms with E-state index >= 15 is 0 Å². The third kappa shape index (κ3) is 3.90. The lowest BCUT2D eigenvalue weighted by atomic mass is 10.1. The van der Waals surface area contributed by atoms with Gasteiger partial charge in [0.15, 0.2) is 0 Å². The minimum Gasteiger partial charge on any atom is -0.347 e. The Morgan fingerprint density at radius 2 is 2.00 bits per heavy atom. The van der Waals surface area contributed by atoms with Crippen LogP contribution in [0.1, 0.15) is 20.8 Å². The second kappa shape index (κ2) is 6.38. The van der Waals surface area contributed by atoms with Crippen molar-refractivity contribution in [2.24, 2.45) is 0 Å². The summed E-state index contributed by atoms with van der Waals surface area (Å²) in [5, 5.41) is 2.78. The summed E-state index contributed by atoms with van der Waals surface area (Å²) in [5.74, 6) is -0.176. The Morgan fingerprint density at radius 3 is 2.67 bits per heavy atom. The average molecular weight is 324 g/mol. The van der Waals surface area contributed by atoms with Gasteiger partial charge in [0.2, 0.25) is 10.0 Å². The number of hydrogen-bond acceptors (Lipinski definition) is 4. The zero-order valence-corrected chi connectivity index (χ0v) is 13.3. The molecule has 1 aromatic carbocycles. The maximum Gasteiger partial charge on any atom is 0.251 e. The van der Waals surface area contributed by atoms with E-state index in [0.717, 1.165) is 21.8 Å². The van der Waals surface area contributed by atoms with Crippen molar-refractivity contribution in [2.75, 3.05) is 7.05 Å². The lowest BCUT2D eigenvalue weighted by molar-refractivity contribution is 0.0951. The van der Waals surface area contributed by atoms with Gasteiger partial charge < -0.3 is 5.32 Å². The van der Waals surface area contributed by atoms with Crippen LogP contribution in [0.5, 0.6) is 0 Å². The number of hydrogen-bond donors (Lipinski definition) is 2. The zero-order chi connectivity index (χ0) is 15.5. The summed E-state index contributed by atoms with van der Waals surface area (Å²) in [6.07, 6.45) is 0. The van der Waals surface area contributed by atoms with Crippen LogP contribution in [0.3, 0.4) is 0 Å². The summed E-state index contributed by atoms with van der Waals surface area (Å²) in [6.45, 7) is 2.22. The number of carbonyl (C=O) groups excluding carboxylic acids is 1. The van der Waals surface area contributed by atoms with Gasteiger partial charge in [0.1, 0.15) is 4.21 Å². The number of carbonyl (C=O) groups is 1. The smallest absolute Gasteiger partial charge is 0.251 e. The van der Waals surface area contributed by atoms with E-state index in [2.05, 4.69) is 10.0 Å². The molecule has 0 atom stereocenters. The van der Waals surface area contributed by atoms with Gasteiger partial charge in [-0.3, -0.25) is 4.79 Å². The predicted octanol–water partition coefficient (Wildman–Crippen LogP) is 1.89. The maximum absolute atomic E-state index is 12.0. The van der Waals surface area contributed by atoms with Crippen molar-refractivity contribution in [1.82, 2.24) is 10.0 Å². The van der Waals surface area contributed by atoms with E-state index in [1.807, 2.05) is 19.1 Å². The molecule has 1 aromatic heterocycles. The van der Waals surface area contributed by atoms with Crippen LogP contribution >= 0.6 is 11.3 Å². The molecule has 1 heterocycles. The fourth-order valence-electron chi connectivity index (χ4n) is 1.75. The highest BCUT2D eigenvalue weighted by Gasteiger charge is 2.14. The molecule has 0 saturated heterocycles. The molecule has 0 aliphatic rings. The quantitative estimate of drug-likeness (QED) is 0.882. The standard InChI is InChI=1S/C14H16N2O3S2/c1-10-4-3-5-11(8-10)14(17)16-9-12-6-7-13(20-12)21(18,19)15-2/h3-8,15H,9H2,1-2H3,(H,16,17). The Kier molecular flexibility index (Phi) is 4.76. The van der Waals surface area contributed by atoms with Gasteiger partial charge in [-0.1, -0.05) is 17.7 Å². The molecule has 112 valence electrons. The van der Waals surface area contributed by atoms with Gasteiger partial charge in [-0.05, 0) is 38.2 Å². The Morgan fingerprint density at radius 1 is 1.24 bits per heavy atom. The molecule has 2 N–H and O–H groups in total. The summed E-state index contributed by atoms with van der Waals surface area (Å²) in [4.78, 5) is 12.8. The minimum atomic E-state index is -3.42. The highest BCUT2D eigenvalue weighted by Crippen LogP contribution is 2.21. The van der Waals surface area contributed by atoms with Crippen LogP contribution in [0.2, 0.25) is 0 Å². The molecule has 1 amide bonds. The third-order valence-electron chi connectivity index (χ3n) is 2.87. The molecule has 2 rings (SSSR count). The number of benzene rings is 1. The van der Waals surface area contributed by atoms with Crippen LogP contribution in [0.4, 0.5) is 0 Å². The molecule has 0 radical (unpaired) electrons. The van der Waals surface area contributed by atoms with Crippen LogP contribution in [0.25, 0.3) is 0 Å². The van der Waals surface area contributed by atoms with Crippen molar-refractivity contribution in [2.45, 2.75) is 17.7 Å². The van der Waals surface area contributed by atoms with Gasteiger partial charge in [0.25, 0.3) is 5.91 Å². The van der Waals surface area contributed by atoms with Crippen molar-refractivity contribution < 1.29 is 13.2 Å². The van der Waals surface area contributed by atoms with E-state index in [1.165, 1.54) is 13.1 Å². The average Bonchev–Trinajstić information content (AvgIpc) is 2.94. The van der Waals surface area contributed by atoms with E-state index in [4.69, 9.17) is 0 Å². The van der Waals surface area contributed by atoms with E-state index in [1.54, 1.807) is 18.2 Å². The van der Waals surface area contributed by atoms with Gasteiger partial charge in [0, 0.05) is 10.4 Å². The molecule has 0 bridgehead atoms. The van der Waals surface area contributed by atoms with E-state index in [-0.39, 0.29) is 10.1 Å². The normalized spacial score (nSPS) is 11.3. The molecule has 21 heavy (non-hydrogen) atoms. The van der Waals surface area contributed by atoms with Gasteiger partial charge in [-0.2, -0.15) is 0 Å². The Hall–Kier alpha value is -1.70. The number of sulfonamides is 1. The maximum atomic E-state index is 12.0. The minimum absolute atomic E-state index is 0.176. The molecular formula is C14H16N2O3S2. The van der Waals surface area contributed by atoms with Crippen molar-refractivity contribution in [3.63, 3.8) is 0 Å². The monoisotopic (exact) mass is 324 g/mol. The highest BCUT2D eigenvalue weighted by molar-refractivity contribution is 7.91. The summed E-state index contributed by atoms with van der Waals surface area (Å²) in [6, 6.07) is 10.5. The summed E-state index contributed by atoms with van der Waals surface area (Å²) < 4.78 is 25.8. The highest BCUT2D eigenvalue weighted by atomic mass is 32.2. The largest absolute Gasteiger partial charge is 0.347 e. The molecule has 2 aromatic rings. The first-order valence-electron chi connectivity index (χ1n) is 6.29. The zero-order valence-electron chi connectivity index (χ0n) is 11.7. The lowest BCUT2D eigenvalue weighted by Crippen LogP contribution is -2.22. The summed E-state index contributed by atoms with van der Waals surface area (Å²) >= 11 is 1.14. The van der Waals surface area contributed by atoms with Gasteiger partial charge in [0.05, 0.1) is 6.54 Å². The van der Waals surface area contributed by atoms with Crippen molar-refractivity contribution in [3.8, 4) is 0 Å². The molecule has 0 unspecified atom stereocenters. The summed E-state index contributed by atoms with van der Waals surface area (Å²) in [7, 11) is -2.05. The first-order chi connectivity index (χ1) is 9.92. The summed E-state index contributed by atoms with van der Waals surface area (Å²) in [5.41, 5.74) is 1.61. The second-order valence-electron chi connectivity index (χ2n) is 4.48. The topological polar surface area (TPSA) is 75.3 Å². The third-order valence-corrected chi connectivity index (χ3v) is 5.87. The van der Waals surface area contributed by atoms with Crippen LogP contribution in [0.15, 0.2) is 40.6 Å². The molecule has 7 heteroatoms. The van der Waals surface area contributed by atoms with E-state index in [0.29, 0.717) is 12.1 Å². The Bertz CT molecular complexity index is 751. The number of thiophene rings is 1. The van der Waals surface area contributed by atoms with Gasteiger partial charge >= 0.3 is 0 Å². The Labute approximate surface area is 128 Å². The molecule has 0 aliphatic heterocycles. The lowest BCUT2D eigenvalue weighted by Gasteiger charge is -2.04. The second-order valence-corrected chi connectivity index (χ2v) is 7.76. The molecule has 0 saturated carbocycles. The van der Waals surface area contributed by atoms with Crippen molar-refractivity contribution in [3.05, 3.63) is 52.4 Å². The fraction of sp³-hybridized carbons (Fsp3) is 0.214. The molecule has 0 spiro atoms. The SMILES string of the molecule is CNS(=O)(=O)c1ccc(CNC(=O)c2cccc(C)c2)s1.